The van der Waals surface area contributed by atoms with E-state index in [9.17, 15) is 4.79 Å². The number of Topliss-reactive ketones (excluding diaryl/α,β-unsaturated/α-hetero) is 1. The zero-order valence-corrected chi connectivity index (χ0v) is 7.15. The van der Waals surface area contributed by atoms with Crippen molar-refractivity contribution >= 4 is 11.5 Å². The number of aromatic nitrogens is 1. The van der Waals surface area contributed by atoms with Crippen molar-refractivity contribution in [3.8, 4) is 0 Å². The van der Waals surface area contributed by atoms with E-state index >= 15 is 0 Å². The van der Waals surface area contributed by atoms with Crippen LogP contribution >= 0.6 is 0 Å². The second kappa shape index (κ2) is 3.82. The fraction of sp³-hybridized carbons (Fsp3) is 0.111. The van der Waals surface area contributed by atoms with Crippen molar-refractivity contribution in [1.29, 1.82) is 0 Å². The Morgan fingerprint density at radius 2 is 2.15 bits per heavy atom. The Morgan fingerprint density at radius 1 is 1.54 bits per heavy atom. The summed E-state index contributed by atoms with van der Waals surface area (Å²) in [4.78, 5) is 18.7. The van der Waals surface area contributed by atoms with Gasteiger partial charge < -0.3 is 4.89 Å². The van der Waals surface area contributed by atoms with Gasteiger partial charge in [0.15, 0.2) is 11.5 Å². The van der Waals surface area contributed by atoms with Gasteiger partial charge in [0.25, 0.3) is 0 Å². The Hall–Kier alpha value is -1.68. The molecule has 0 saturated carbocycles. The van der Waals surface area contributed by atoms with Gasteiger partial charge in [0.05, 0.1) is 0 Å². The van der Waals surface area contributed by atoms with E-state index in [4.69, 9.17) is 5.26 Å². The SMILES string of the molecule is C=C(OO)c1cccc(C(C)=O)n1. The van der Waals surface area contributed by atoms with Gasteiger partial charge in [-0.3, -0.25) is 4.79 Å². The van der Waals surface area contributed by atoms with Crippen molar-refractivity contribution in [1.82, 2.24) is 4.98 Å². The van der Waals surface area contributed by atoms with Crippen LogP contribution in [0.15, 0.2) is 24.8 Å². The number of hydrogen-bond acceptors (Lipinski definition) is 4. The maximum Gasteiger partial charge on any atom is 0.183 e. The molecular formula is C9H9NO3. The molecule has 1 heterocycles. The Labute approximate surface area is 75.4 Å². The van der Waals surface area contributed by atoms with Crippen LogP contribution in [-0.4, -0.2) is 16.0 Å². The zero-order chi connectivity index (χ0) is 9.84. The van der Waals surface area contributed by atoms with Crippen LogP contribution in [0, 0.1) is 0 Å². The van der Waals surface area contributed by atoms with E-state index in [1.807, 2.05) is 0 Å². The highest BCUT2D eigenvalue weighted by Gasteiger charge is 2.05. The van der Waals surface area contributed by atoms with Gasteiger partial charge in [0.1, 0.15) is 11.4 Å². The van der Waals surface area contributed by atoms with Crippen LogP contribution in [0.3, 0.4) is 0 Å². The number of carbonyl (C=O) groups is 1. The summed E-state index contributed by atoms with van der Waals surface area (Å²) < 4.78 is 0. The zero-order valence-electron chi connectivity index (χ0n) is 7.15. The van der Waals surface area contributed by atoms with Crippen LogP contribution < -0.4 is 0 Å². The number of pyridine rings is 1. The first-order valence-electron chi connectivity index (χ1n) is 3.64. The topological polar surface area (TPSA) is 59.4 Å². The molecule has 0 saturated heterocycles. The van der Waals surface area contributed by atoms with E-state index in [0.717, 1.165) is 0 Å². The molecule has 1 rings (SSSR count). The third kappa shape index (κ3) is 2.13. The smallest absolute Gasteiger partial charge is 0.183 e. The molecule has 0 fully saturated rings. The molecule has 1 N–H and O–H groups in total. The third-order valence-electron chi connectivity index (χ3n) is 1.51. The van der Waals surface area contributed by atoms with Crippen LogP contribution in [0.4, 0.5) is 0 Å². The molecule has 0 aliphatic carbocycles. The summed E-state index contributed by atoms with van der Waals surface area (Å²) in [6.07, 6.45) is 0. The monoisotopic (exact) mass is 179 g/mol. The predicted molar refractivity (Wildman–Crippen MR) is 47.0 cm³/mol. The molecule has 4 heteroatoms. The molecule has 0 aromatic carbocycles. The van der Waals surface area contributed by atoms with Crippen LogP contribution in [-0.2, 0) is 4.89 Å². The highest BCUT2D eigenvalue weighted by Crippen LogP contribution is 2.10. The van der Waals surface area contributed by atoms with E-state index in [1.54, 1.807) is 18.2 Å². The quantitative estimate of drug-likeness (QED) is 0.332. The number of carbonyl (C=O) groups excluding carboxylic acids is 1. The van der Waals surface area contributed by atoms with Crippen LogP contribution in [0.25, 0.3) is 5.76 Å². The van der Waals surface area contributed by atoms with Crippen LogP contribution in [0.2, 0.25) is 0 Å². The molecule has 0 unspecified atom stereocenters. The normalized spacial score (nSPS) is 9.38. The van der Waals surface area contributed by atoms with Gasteiger partial charge in [-0.1, -0.05) is 12.6 Å². The summed E-state index contributed by atoms with van der Waals surface area (Å²) >= 11 is 0. The van der Waals surface area contributed by atoms with Gasteiger partial charge in [-0.2, -0.15) is 0 Å². The van der Waals surface area contributed by atoms with Crippen molar-refractivity contribution in [2.24, 2.45) is 0 Å². The molecule has 0 radical (unpaired) electrons. The first-order chi connectivity index (χ1) is 6.15. The summed E-state index contributed by atoms with van der Waals surface area (Å²) in [6.45, 7) is 4.81. The number of hydrogen-bond donors (Lipinski definition) is 1. The molecular weight excluding hydrogens is 170 g/mol. The molecule has 0 atom stereocenters. The van der Waals surface area contributed by atoms with E-state index in [0.29, 0.717) is 11.4 Å². The fourth-order valence-electron chi connectivity index (χ4n) is 0.833. The lowest BCUT2D eigenvalue weighted by molar-refractivity contribution is -0.170. The van der Waals surface area contributed by atoms with Crippen molar-refractivity contribution in [2.45, 2.75) is 6.92 Å². The van der Waals surface area contributed by atoms with Crippen LogP contribution in [0.5, 0.6) is 0 Å². The number of nitrogens with zero attached hydrogens (tertiary/aromatic N) is 1. The minimum atomic E-state index is -0.146. The second-order valence-corrected chi connectivity index (χ2v) is 2.48. The van der Waals surface area contributed by atoms with Crippen molar-refractivity contribution < 1.29 is 14.9 Å². The molecule has 0 aliphatic heterocycles. The number of rotatable bonds is 3. The van der Waals surface area contributed by atoms with Gasteiger partial charge >= 0.3 is 0 Å². The Morgan fingerprint density at radius 3 is 2.69 bits per heavy atom. The maximum absolute atomic E-state index is 10.9. The molecule has 68 valence electrons. The van der Waals surface area contributed by atoms with Gasteiger partial charge in [0, 0.05) is 6.92 Å². The lowest BCUT2D eigenvalue weighted by Crippen LogP contribution is -1.99. The molecule has 0 spiro atoms. The van der Waals surface area contributed by atoms with Gasteiger partial charge in [-0.15, -0.1) is 0 Å². The van der Waals surface area contributed by atoms with Crippen molar-refractivity contribution in [3.05, 3.63) is 36.2 Å². The van der Waals surface area contributed by atoms with Gasteiger partial charge in [-0.25, -0.2) is 10.2 Å². The molecule has 1 aromatic heterocycles. The first-order valence-corrected chi connectivity index (χ1v) is 3.64. The molecule has 0 amide bonds. The maximum atomic E-state index is 10.9. The standard InChI is InChI=1S/C9H9NO3/c1-6(11)8-4-3-5-9(10-8)7(2)13-12/h3-5,12H,2H2,1H3. The molecule has 13 heavy (non-hydrogen) atoms. The Bertz CT molecular complexity index is 346. The van der Waals surface area contributed by atoms with Gasteiger partial charge in [-0.05, 0) is 12.1 Å². The summed E-state index contributed by atoms with van der Waals surface area (Å²) in [5.41, 5.74) is 0.658. The highest BCUT2D eigenvalue weighted by molar-refractivity contribution is 5.92. The minimum Gasteiger partial charge on any atom is -0.339 e. The highest BCUT2D eigenvalue weighted by atomic mass is 17.1. The van der Waals surface area contributed by atoms with Crippen LogP contribution in [0.1, 0.15) is 23.1 Å². The average molecular weight is 179 g/mol. The Kier molecular flexibility index (Phi) is 2.76. The predicted octanol–water partition coefficient (Wildman–Crippen LogP) is 1.74. The molecule has 0 bridgehead atoms. The lowest BCUT2D eigenvalue weighted by atomic mass is 10.2. The lowest BCUT2D eigenvalue weighted by Gasteiger charge is -2.01. The van der Waals surface area contributed by atoms with Gasteiger partial charge in [0.2, 0.25) is 0 Å². The summed E-state index contributed by atoms with van der Waals surface area (Å²) in [5, 5.41) is 8.29. The summed E-state index contributed by atoms with van der Waals surface area (Å²) in [6, 6.07) is 4.81. The molecule has 4 nitrogen and oxygen atoms in total. The van der Waals surface area contributed by atoms with E-state index in [2.05, 4.69) is 16.5 Å². The Balaban J connectivity index is 3.05. The number of ketones is 1. The second-order valence-electron chi connectivity index (χ2n) is 2.48. The summed E-state index contributed by atoms with van der Waals surface area (Å²) in [5.74, 6) is -0.129. The average Bonchev–Trinajstić information content (AvgIpc) is 2.17. The van der Waals surface area contributed by atoms with Crippen molar-refractivity contribution in [3.63, 3.8) is 0 Å². The van der Waals surface area contributed by atoms with E-state index < -0.39 is 0 Å². The first kappa shape index (κ1) is 9.41. The van der Waals surface area contributed by atoms with E-state index in [-0.39, 0.29) is 11.5 Å². The molecule has 1 aromatic rings. The van der Waals surface area contributed by atoms with Crippen molar-refractivity contribution in [2.75, 3.05) is 0 Å². The largest absolute Gasteiger partial charge is 0.339 e. The molecule has 0 aliphatic rings. The van der Waals surface area contributed by atoms with E-state index in [1.165, 1.54) is 6.92 Å². The fourth-order valence-corrected chi connectivity index (χ4v) is 0.833. The summed E-state index contributed by atoms with van der Waals surface area (Å²) in [7, 11) is 0. The minimum absolute atomic E-state index is 0.0168. The third-order valence-corrected chi connectivity index (χ3v) is 1.51.